The molecule has 2 aromatic heterocycles. The standard InChI is InChI=1S/C18H24N6O2/c1-14-22-16(18(25)20-6-7-24-8-10-26-11-9-24)12-17(23-14)21-13-15-4-2-3-5-19-15/h2-5,12H,6-11,13H2,1H3,(H,20,25)(H,21,22,23). The first-order valence-corrected chi connectivity index (χ1v) is 8.78. The van der Waals surface area contributed by atoms with Crippen LogP contribution < -0.4 is 10.6 Å². The van der Waals surface area contributed by atoms with Gasteiger partial charge in [-0.05, 0) is 19.1 Å². The zero-order valence-corrected chi connectivity index (χ0v) is 14.9. The van der Waals surface area contributed by atoms with Gasteiger partial charge >= 0.3 is 0 Å². The number of aromatic nitrogens is 3. The molecule has 8 heteroatoms. The van der Waals surface area contributed by atoms with Gasteiger partial charge in [0.05, 0.1) is 25.5 Å². The Labute approximate surface area is 153 Å². The molecule has 26 heavy (non-hydrogen) atoms. The van der Waals surface area contributed by atoms with Crippen LogP contribution in [0.25, 0.3) is 0 Å². The molecule has 1 amide bonds. The van der Waals surface area contributed by atoms with Crippen molar-refractivity contribution in [3.05, 3.63) is 47.7 Å². The molecule has 0 spiro atoms. The van der Waals surface area contributed by atoms with E-state index in [0.717, 1.165) is 38.5 Å². The lowest BCUT2D eigenvalue weighted by atomic mass is 10.3. The first kappa shape index (κ1) is 18.2. The number of carbonyl (C=O) groups excluding carboxylic acids is 1. The van der Waals surface area contributed by atoms with Crippen molar-refractivity contribution in [1.29, 1.82) is 0 Å². The van der Waals surface area contributed by atoms with Gasteiger partial charge in [0.2, 0.25) is 0 Å². The van der Waals surface area contributed by atoms with E-state index in [-0.39, 0.29) is 5.91 Å². The lowest BCUT2D eigenvalue weighted by Crippen LogP contribution is -2.41. The zero-order chi connectivity index (χ0) is 18.2. The number of anilines is 1. The molecule has 2 N–H and O–H groups in total. The van der Waals surface area contributed by atoms with Crippen LogP contribution in [0.4, 0.5) is 5.82 Å². The van der Waals surface area contributed by atoms with E-state index >= 15 is 0 Å². The summed E-state index contributed by atoms with van der Waals surface area (Å²) >= 11 is 0. The summed E-state index contributed by atoms with van der Waals surface area (Å²) in [5.41, 5.74) is 1.27. The van der Waals surface area contributed by atoms with Crippen LogP contribution in [-0.2, 0) is 11.3 Å². The Morgan fingerprint density at radius 3 is 2.88 bits per heavy atom. The second kappa shape index (κ2) is 9.21. The van der Waals surface area contributed by atoms with Gasteiger partial charge in [0.15, 0.2) is 0 Å². The van der Waals surface area contributed by atoms with Gasteiger partial charge in [-0.25, -0.2) is 9.97 Å². The third-order valence-electron chi connectivity index (χ3n) is 4.06. The van der Waals surface area contributed by atoms with E-state index < -0.39 is 0 Å². The maximum absolute atomic E-state index is 12.4. The number of rotatable bonds is 7. The molecule has 0 aliphatic carbocycles. The molecule has 3 rings (SSSR count). The smallest absolute Gasteiger partial charge is 0.270 e. The molecular formula is C18H24N6O2. The van der Waals surface area contributed by atoms with Gasteiger partial charge < -0.3 is 15.4 Å². The maximum Gasteiger partial charge on any atom is 0.270 e. The van der Waals surface area contributed by atoms with E-state index in [0.29, 0.717) is 30.4 Å². The highest BCUT2D eigenvalue weighted by atomic mass is 16.5. The molecule has 0 saturated carbocycles. The van der Waals surface area contributed by atoms with Crippen LogP contribution in [-0.4, -0.2) is 65.2 Å². The average Bonchev–Trinajstić information content (AvgIpc) is 2.67. The van der Waals surface area contributed by atoms with E-state index in [1.807, 2.05) is 18.2 Å². The van der Waals surface area contributed by atoms with Crippen LogP contribution in [0.15, 0.2) is 30.5 Å². The topological polar surface area (TPSA) is 92.3 Å². The summed E-state index contributed by atoms with van der Waals surface area (Å²) in [5.74, 6) is 0.973. The molecule has 1 saturated heterocycles. The SMILES string of the molecule is Cc1nc(NCc2ccccn2)cc(C(=O)NCCN2CCOCC2)n1. The Bertz CT molecular complexity index is 719. The minimum absolute atomic E-state index is 0.190. The van der Waals surface area contributed by atoms with Crippen LogP contribution >= 0.6 is 0 Å². The molecule has 0 unspecified atom stereocenters. The molecule has 0 radical (unpaired) electrons. The molecule has 0 atom stereocenters. The lowest BCUT2D eigenvalue weighted by molar-refractivity contribution is 0.0383. The summed E-state index contributed by atoms with van der Waals surface area (Å²) in [6.07, 6.45) is 1.75. The summed E-state index contributed by atoms with van der Waals surface area (Å²) in [4.78, 5) is 27.5. The van der Waals surface area contributed by atoms with E-state index in [9.17, 15) is 4.79 Å². The van der Waals surface area contributed by atoms with E-state index in [4.69, 9.17) is 4.74 Å². The van der Waals surface area contributed by atoms with Gasteiger partial charge in [-0.2, -0.15) is 0 Å². The first-order valence-electron chi connectivity index (χ1n) is 8.78. The highest BCUT2D eigenvalue weighted by Crippen LogP contribution is 2.08. The number of carbonyl (C=O) groups is 1. The number of ether oxygens (including phenoxy) is 1. The number of pyridine rings is 1. The number of nitrogens with zero attached hydrogens (tertiary/aromatic N) is 4. The number of hydrogen-bond acceptors (Lipinski definition) is 7. The molecule has 3 heterocycles. The van der Waals surface area contributed by atoms with Gasteiger partial charge in [-0.15, -0.1) is 0 Å². The fourth-order valence-electron chi connectivity index (χ4n) is 2.70. The summed E-state index contributed by atoms with van der Waals surface area (Å²) in [6, 6.07) is 7.40. The first-order chi connectivity index (χ1) is 12.7. The molecular weight excluding hydrogens is 332 g/mol. The molecule has 0 aromatic carbocycles. The normalized spacial score (nSPS) is 14.8. The molecule has 1 fully saturated rings. The third-order valence-corrected chi connectivity index (χ3v) is 4.06. The highest BCUT2D eigenvalue weighted by molar-refractivity contribution is 5.92. The fraction of sp³-hybridized carbons (Fsp3) is 0.444. The predicted octanol–water partition coefficient (Wildman–Crippen LogP) is 0.854. The van der Waals surface area contributed by atoms with Crippen molar-refractivity contribution in [1.82, 2.24) is 25.2 Å². The van der Waals surface area contributed by atoms with Crippen molar-refractivity contribution in [2.24, 2.45) is 0 Å². The predicted molar refractivity (Wildman–Crippen MR) is 97.9 cm³/mol. The highest BCUT2D eigenvalue weighted by Gasteiger charge is 2.13. The second-order valence-electron chi connectivity index (χ2n) is 6.07. The summed E-state index contributed by atoms with van der Waals surface area (Å²) < 4.78 is 5.32. The van der Waals surface area contributed by atoms with Crippen molar-refractivity contribution in [2.45, 2.75) is 13.5 Å². The average molecular weight is 356 g/mol. The van der Waals surface area contributed by atoms with E-state index in [2.05, 4.69) is 30.5 Å². The third kappa shape index (κ3) is 5.47. The minimum atomic E-state index is -0.190. The molecule has 1 aliphatic rings. The van der Waals surface area contributed by atoms with Crippen molar-refractivity contribution in [3.63, 3.8) is 0 Å². The minimum Gasteiger partial charge on any atom is -0.379 e. The Balaban J connectivity index is 1.53. The maximum atomic E-state index is 12.4. The Morgan fingerprint density at radius 1 is 1.27 bits per heavy atom. The second-order valence-corrected chi connectivity index (χ2v) is 6.07. The monoisotopic (exact) mass is 356 g/mol. The molecule has 138 valence electrons. The van der Waals surface area contributed by atoms with Crippen LogP contribution in [0.2, 0.25) is 0 Å². The van der Waals surface area contributed by atoms with Gasteiger partial charge in [0, 0.05) is 38.4 Å². The van der Waals surface area contributed by atoms with E-state index in [1.54, 1.807) is 19.2 Å². The van der Waals surface area contributed by atoms with Crippen molar-refractivity contribution >= 4 is 11.7 Å². The van der Waals surface area contributed by atoms with E-state index in [1.165, 1.54) is 0 Å². The van der Waals surface area contributed by atoms with Crippen LogP contribution in [0, 0.1) is 6.92 Å². The molecule has 1 aliphatic heterocycles. The lowest BCUT2D eigenvalue weighted by Gasteiger charge is -2.26. The van der Waals surface area contributed by atoms with Crippen LogP contribution in [0.1, 0.15) is 22.0 Å². The molecule has 8 nitrogen and oxygen atoms in total. The quantitative estimate of drug-likeness (QED) is 0.760. The number of amides is 1. The van der Waals surface area contributed by atoms with Gasteiger partial charge in [-0.1, -0.05) is 6.07 Å². The van der Waals surface area contributed by atoms with Crippen LogP contribution in [0.3, 0.4) is 0 Å². The largest absolute Gasteiger partial charge is 0.379 e. The van der Waals surface area contributed by atoms with Crippen molar-refractivity contribution in [3.8, 4) is 0 Å². The number of hydrogen-bond donors (Lipinski definition) is 2. The Kier molecular flexibility index (Phi) is 6.45. The van der Waals surface area contributed by atoms with Gasteiger partial charge in [0.25, 0.3) is 5.91 Å². The molecule has 0 bridgehead atoms. The van der Waals surface area contributed by atoms with Gasteiger partial charge in [-0.3, -0.25) is 14.7 Å². The van der Waals surface area contributed by atoms with Gasteiger partial charge in [0.1, 0.15) is 17.3 Å². The summed E-state index contributed by atoms with van der Waals surface area (Å²) in [5, 5.41) is 6.11. The fourth-order valence-corrected chi connectivity index (χ4v) is 2.70. The summed E-state index contributed by atoms with van der Waals surface area (Å²) in [7, 11) is 0. The Hall–Kier alpha value is -2.58. The number of morpholine rings is 1. The number of nitrogens with one attached hydrogen (secondary N) is 2. The van der Waals surface area contributed by atoms with Crippen molar-refractivity contribution < 1.29 is 9.53 Å². The zero-order valence-electron chi connectivity index (χ0n) is 14.9. The Morgan fingerprint density at radius 2 is 2.12 bits per heavy atom. The number of aryl methyl sites for hydroxylation is 1. The van der Waals surface area contributed by atoms with Crippen LogP contribution in [0.5, 0.6) is 0 Å². The molecule has 2 aromatic rings. The summed E-state index contributed by atoms with van der Waals surface area (Å²) in [6.45, 7) is 7.03. The van der Waals surface area contributed by atoms with Crippen molar-refractivity contribution in [2.75, 3.05) is 44.7 Å².